The van der Waals surface area contributed by atoms with Crippen molar-refractivity contribution in [3.05, 3.63) is 53.7 Å². The number of amides is 1. The molecule has 1 saturated carbocycles. The molecular weight excluding hydrogens is 354 g/mol. The van der Waals surface area contributed by atoms with Crippen LogP contribution in [0, 0.1) is 0 Å². The van der Waals surface area contributed by atoms with E-state index >= 15 is 0 Å². The van der Waals surface area contributed by atoms with Gasteiger partial charge in [-0.3, -0.25) is 9.89 Å². The molecule has 0 radical (unpaired) electrons. The third-order valence-corrected chi connectivity index (χ3v) is 5.99. The molecule has 1 fully saturated rings. The Morgan fingerprint density at radius 2 is 1.86 bits per heavy atom. The second-order valence-corrected chi connectivity index (χ2v) is 7.65. The molecule has 0 saturated heterocycles. The molecule has 2 heterocycles. The molecule has 0 atom stereocenters. The van der Waals surface area contributed by atoms with E-state index in [1.807, 2.05) is 30.3 Å². The van der Waals surface area contributed by atoms with Gasteiger partial charge in [-0.25, -0.2) is 0 Å². The Hall–Kier alpha value is -3.02. The molecule has 1 aliphatic heterocycles. The first-order valence-electron chi connectivity index (χ1n) is 9.87. The van der Waals surface area contributed by atoms with Gasteiger partial charge in [0.15, 0.2) is 17.2 Å². The van der Waals surface area contributed by atoms with Crippen LogP contribution in [0.4, 0.5) is 0 Å². The summed E-state index contributed by atoms with van der Waals surface area (Å²) in [5.74, 6) is 1.47. The number of hydrogen-bond acceptors (Lipinski definition) is 4. The van der Waals surface area contributed by atoms with Crippen LogP contribution in [-0.2, 0) is 5.41 Å². The minimum absolute atomic E-state index is 0.0718. The molecule has 1 amide bonds. The summed E-state index contributed by atoms with van der Waals surface area (Å²) in [6.45, 7) is 1.75. The van der Waals surface area contributed by atoms with E-state index in [1.54, 1.807) is 0 Å². The van der Waals surface area contributed by atoms with E-state index in [0.717, 1.165) is 48.1 Å². The Bertz CT molecular complexity index is 1020. The van der Waals surface area contributed by atoms with Crippen LogP contribution in [0.2, 0.25) is 0 Å². The van der Waals surface area contributed by atoms with Crippen molar-refractivity contribution in [1.29, 1.82) is 0 Å². The zero-order valence-corrected chi connectivity index (χ0v) is 15.7. The lowest BCUT2D eigenvalue weighted by molar-refractivity contribution is 0.0939. The lowest BCUT2D eigenvalue weighted by Gasteiger charge is -2.31. The number of nitrogens with zero attached hydrogens (tertiary/aromatic N) is 1. The van der Waals surface area contributed by atoms with Crippen LogP contribution in [0.1, 0.15) is 41.7 Å². The van der Waals surface area contributed by atoms with Gasteiger partial charge in [-0.1, -0.05) is 37.1 Å². The first kappa shape index (κ1) is 17.1. The van der Waals surface area contributed by atoms with Crippen molar-refractivity contribution in [2.75, 3.05) is 19.8 Å². The van der Waals surface area contributed by atoms with Crippen molar-refractivity contribution in [1.82, 2.24) is 15.5 Å². The van der Waals surface area contributed by atoms with Crippen LogP contribution < -0.4 is 14.8 Å². The number of para-hydroxylation sites is 1. The number of carbonyl (C=O) groups excluding carboxylic acids is 1. The Morgan fingerprint density at radius 1 is 1.07 bits per heavy atom. The normalized spacial score (nSPS) is 17.6. The average molecular weight is 377 g/mol. The van der Waals surface area contributed by atoms with Gasteiger partial charge in [0.05, 0.1) is 5.52 Å². The number of rotatable bonds is 4. The molecule has 0 unspecified atom stereocenters. The van der Waals surface area contributed by atoms with Crippen LogP contribution in [-0.4, -0.2) is 35.9 Å². The molecule has 2 aliphatic rings. The van der Waals surface area contributed by atoms with E-state index in [1.165, 1.54) is 5.56 Å². The highest BCUT2D eigenvalue weighted by Crippen LogP contribution is 2.43. The van der Waals surface area contributed by atoms with Gasteiger partial charge in [0.25, 0.3) is 5.91 Å². The van der Waals surface area contributed by atoms with Crippen molar-refractivity contribution in [3.63, 3.8) is 0 Å². The Balaban J connectivity index is 1.39. The van der Waals surface area contributed by atoms with Gasteiger partial charge >= 0.3 is 0 Å². The number of nitrogens with one attached hydrogen (secondary N) is 2. The van der Waals surface area contributed by atoms with Crippen LogP contribution in [0.3, 0.4) is 0 Å². The summed E-state index contributed by atoms with van der Waals surface area (Å²) in [5, 5.41) is 11.1. The summed E-state index contributed by atoms with van der Waals surface area (Å²) >= 11 is 0. The molecule has 5 rings (SSSR count). The van der Waals surface area contributed by atoms with Gasteiger partial charge in [0.2, 0.25) is 0 Å². The summed E-state index contributed by atoms with van der Waals surface area (Å²) < 4.78 is 11.4. The Morgan fingerprint density at radius 3 is 2.71 bits per heavy atom. The Labute approximate surface area is 163 Å². The minimum Gasteiger partial charge on any atom is -0.486 e. The van der Waals surface area contributed by atoms with Crippen molar-refractivity contribution in [3.8, 4) is 11.5 Å². The van der Waals surface area contributed by atoms with Gasteiger partial charge in [-0.15, -0.1) is 0 Å². The topological polar surface area (TPSA) is 76.2 Å². The van der Waals surface area contributed by atoms with E-state index in [2.05, 4.69) is 27.6 Å². The van der Waals surface area contributed by atoms with Gasteiger partial charge in [0.1, 0.15) is 13.2 Å². The summed E-state index contributed by atoms with van der Waals surface area (Å²) in [6, 6.07) is 13.9. The third-order valence-electron chi connectivity index (χ3n) is 5.99. The maximum atomic E-state index is 12.8. The molecular formula is C22H23N3O3. The third kappa shape index (κ3) is 2.89. The van der Waals surface area contributed by atoms with Crippen LogP contribution in [0.25, 0.3) is 10.9 Å². The fourth-order valence-electron chi connectivity index (χ4n) is 4.46. The van der Waals surface area contributed by atoms with E-state index in [-0.39, 0.29) is 11.3 Å². The highest BCUT2D eigenvalue weighted by atomic mass is 16.6. The van der Waals surface area contributed by atoms with Crippen LogP contribution >= 0.6 is 0 Å². The Kier molecular flexibility index (Phi) is 4.19. The highest BCUT2D eigenvalue weighted by molar-refractivity contribution is 6.04. The largest absolute Gasteiger partial charge is 0.486 e. The monoisotopic (exact) mass is 377 g/mol. The molecule has 6 heteroatoms. The molecule has 1 aromatic heterocycles. The van der Waals surface area contributed by atoms with E-state index in [9.17, 15) is 4.79 Å². The summed E-state index contributed by atoms with van der Waals surface area (Å²) in [4.78, 5) is 12.8. The number of carbonyl (C=O) groups is 1. The predicted molar refractivity (Wildman–Crippen MR) is 106 cm³/mol. The molecule has 6 nitrogen and oxygen atoms in total. The predicted octanol–water partition coefficient (Wildman–Crippen LogP) is 3.58. The minimum atomic E-state index is -0.138. The second kappa shape index (κ2) is 6.86. The zero-order chi connectivity index (χ0) is 19.0. The van der Waals surface area contributed by atoms with Crippen molar-refractivity contribution >= 4 is 16.8 Å². The van der Waals surface area contributed by atoms with Gasteiger partial charge in [-0.05, 0) is 36.6 Å². The number of ether oxygens (including phenoxy) is 2. The first-order valence-corrected chi connectivity index (χ1v) is 9.87. The second-order valence-electron chi connectivity index (χ2n) is 7.65. The average Bonchev–Trinajstić information content (AvgIpc) is 3.40. The van der Waals surface area contributed by atoms with E-state index < -0.39 is 0 Å². The molecule has 2 aromatic carbocycles. The molecule has 0 bridgehead atoms. The quantitative estimate of drug-likeness (QED) is 0.729. The molecule has 0 spiro atoms. The maximum Gasteiger partial charge on any atom is 0.272 e. The highest BCUT2D eigenvalue weighted by Gasteiger charge is 2.37. The molecule has 144 valence electrons. The van der Waals surface area contributed by atoms with Crippen molar-refractivity contribution in [2.24, 2.45) is 0 Å². The molecule has 28 heavy (non-hydrogen) atoms. The van der Waals surface area contributed by atoms with Gasteiger partial charge in [0, 0.05) is 17.3 Å². The van der Waals surface area contributed by atoms with E-state index in [0.29, 0.717) is 25.5 Å². The molecule has 3 aromatic rings. The summed E-state index contributed by atoms with van der Waals surface area (Å²) in [7, 11) is 0. The smallest absolute Gasteiger partial charge is 0.272 e. The van der Waals surface area contributed by atoms with Crippen molar-refractivity contribution in [2.45, 2.75) is 31.1 Å². The van der Waals surface area contributed by atoms with Gasteiger partial charge in [-0.2, -0.15) is 5.10 Å². The van der Waals surface area contributed by atoms with Gasteiger partial charge < -0.3 is 14.8 Å². The van der Waals surface area contributed by atoms with Crippen LogP contribution in [0.5, 0.6) is 11.5 Å². The molecule has 2 N–H and O–H groups in total. The number of hydrogen-bond donors (Lipinski definition) is 2. The SMILES string of the molecule is O=C(NCC1(c2ccc3c(c2)OCCO3)CCCC1)c1n[nH]c2ccccc12. The van der Waals surface area contributed by atoms with E-state index in [4.69, 9.17) is 9.47 Å². The summed E-state index contributed by atoms with van der Waals surface area (Å²) in [6.07, 6.45) is 4.42. The fourth-order valence-corrected chi connectivity index (χ4v) is 4.46. The number of benzene rings is 2. The lowest BCUT2D eigenvalue weighted by atomic mass is 9.78. The fraction of sp³-hybridized carbons (Fsp3) is 0.364. The number of aromatic amines is 1. The first-order chi connectivity index (χ1) is 13.8. The number of fused-ring (bicyclic) bond motifs is 2. The summed E-state index contributed by atoms with van der Waals surface area (Å²) in [5.41, 5.74) is 2.46. The number of H-pyrrole nitrogens is 1. The lowest BCUT2D eigenvalue weighted by Crippen LogP contribution is -2.39. The standard InChI is InChI=1S/C22H23N3O3/c26-21(20-16-5-1-2-6-17(16)24-25-20)23-14-22(9-3-4-10-22)15-7-8-18-19(13-15)28-12-11-27-18/h1-2,5-8,13H,3-4,9-12,14H2,(H,23,26)(H,24,25). The zero-order valence-electron chi connectivity index (χ0n) is 15.7. The maximum absolute atomic E-state index is 12.8. The van der Waals surface area contributed by atoms with Crippen LogP contribution in [0.15, 0.2) is 42.5 Å². The van der Waals surface area contributed by atoms with Crippen molar-refractivity contribution < 1.29 is 14.3 Å². The molecule has 1 aliphatic carbocycles. The number of aromatic nitrogens is 2.